The maximum absolute atomic E-state index is 11.9. The van der Waals surface area contributed by atoms with Gasteiger partial charge >= 0.3 is 0 Å². The molecule has 0 aliphatic heterocycles. The van der Waals surface area contributed by atoms with Crippen LogP contribution in [0.5, 0.6) is 0 Å². The number of furan rings is 1. The van der Waals surface area contributed by atoms with Crippen LogP contribution in [0, 0.1) is 6.92 Å². The molecule has 28 heavy (non-hydrogen) atoms. The minimum Gasteiger partial charge on any atom is -0.472 e. The van der Waals surface area contributed by atoms with Gasteiger partial charge in [0.1, 0.15) is 6.26 Å². The van der Waals surface area contributed by atoms with Crippen molar-refractivity contribution in [2.75, 3.05) is 13.1 Å². The molecule has 2 heterocycles. The van der Waals surface area contributed by atoms with Crippen LogP contribution in [0.25, 0.3) is 5.69 Å². The lowest BCUT2D eigenvalue weighted by molar-refractivity contribution is -0.120. The lowest BCUT2D eigenvalue weighted by atomic mass is 10.1. The average Bonchev–Trinajstić information content (AvgIpc) is 3.36. The largest absolute Gasteiger partial charge is 0.472 e. The molecule has 0 saturated heterocycles. The molecule has 7 heteroatoms. The van der Waals surface area contributed by atoms with Gasteiger partial charge in [0.05, 0.1) is 23.2 Å². The van der Waals surface area contributed by atoms with Crippen LogP contribution in [0.15, 0.2) is 59.5 Å². The van der Waals surface area contributed by atoms with Crippen LogP contribution >= 0.6 is 0 Å². The third kappa shape index (κ3) is 5.33. The molecular formula is C21H24N4O3. The zero-order valence-corrected chi connectivity index (χ0v) is 15.9. The van der Waals surface area contributed by atoms with E-state index < -0.39 is 0 Å². The van der Waals surface area contributed by atoms with Gasteiger partial charge in [-0.05, 0) is 43.5 Å². The van der Waals surface area contributed by atoms with Crippen LogP contribution in [0.2, 0.25) is 0 Å². The fourth-order valence-electron chi connectivity index (χ4n) is 2.83. The molecule has 7 nitrogen and oxygen atoms in total. The van der Waals surface area contributed by atoms with Crippen molar-refractivity contribution in [1.29, 1.82) is 0 Å². The molecule has 2 N–H and O–H groups in total. The van der Waals surface area contributed by atoms with E-state index in [1.807, 2.05) is 48.1 Å². The number of para-hydroxylation sites is 1. The zero-order chi connectivity index (χ0) is 19.8. The normalized spacial score (nSPS) is 10.6. The summed E-state index contributed by atoms with van der Waals surface area (Å²) in [6.45, 7) is 2.87. The Morgan fingerprint density at radius 1 is 1.11 bits per heavy atom. The quantitative estimate of drug-likeness (QED) is 0.559. The first-order chi connectivity index (χ1) is 13.6. The molecule has 146 valence electrons. The maximum Gasteiger partial charge on any atom is 0.254 e. The van der Waals surface area contributed by atoms with Gasteiger partial charge in [-0.1, -0.05) is 18.2 Å². The molecule has 0 atom stereocenters. The molecule has 0 bridgehead atoms. The Balaban J connectivity index is 1.35. The maximum atomic E-state index is 11.9. The number of nitrogens with one attached hydrogen (secondary N) is 2. The molecule has 1 aromatic carbocycles. The molecule has 0 radical (unpaired) electrons. The molecular weight excluding hydrogens is 356 g/mol. The summed E-state index contributed by atoms with van der Waals surface area (Å²) in [6, 6.07) is 11.6. The molecule has 0 fully saturated rings. The summed E-state index contributed by atoms with van der Waals surface area (Å²) in [5.74, 6) is -0.323. The zero-order valence-electron chi connectivity index (χ0n) is 15.9. The van der Waals surface area contributed by atoms with E-state index in [1.165, 1.54) is 18.1 Å². The van der Waals surface area contributed by atoms with E-state index in [1.54, 1.807) is 6.07 Å². The third-order valence-corrected chi connectivity index (χ3v) is 4.39. The number of rotatable bonds is 9. The Bertz CT molecular complexity index is 901. The standard InChI is InChI=1S/C21H24N4O3/c1-16-17(14-25(24-16)19-7-3-2-4-8-19)6-5-11-22-20(26)9-12-23-21(27)18-10-13-28-15-18/h2-4,7-8,10,13-15H,5-6,9,11-12H2,1H3,(H,22,26)(H,23,27). The molecule has 0 aliphatic rings. The summed E-state index contributed by atoms with van der Waals surface area (Å²) in [6.07, 6.45) is 6.77. The van der Waals surface area contributed by atoms with Gasteiger partial charge in [0.15, 0.2) is 0 Å². The molecule has 2 aromatic heterocycles. The summed E-state index contributed by atoms with van der Waals surface area (Å²) in [5, 5.41) is 10.1. The fraction of sp³-hybridized carbons (Fsp3) is 0.286. The van der Waals surface area contributed by atoms with Gasteiger partial charge in [-0.25, -0.2) is 4.68 Å². The number of amides is 2. The van der Waals surface area contributed by atoms with Gasteiger partial charge in [-0.3, -0.25) is 9.59 Å². The van der Waals surface area contributed by atoms with Gasteiger partial charge in [0, 0.05) is 25.7 Å². The fourth-order valence-corrected chi connectivity index (χ4v) is 2.83. The van der Waals surface area contributed by atoms with Crippen LogP contribution in [0.1, 0.15) is 34.5 Å². The minimum atomic E-state index is -0.243. The minimum absolute atomic E-state index is 0.0794. The Morgan fingerprint density at radius 2 is 1.93 bits per heavy atom. The van der Waals surface area contributed by atoms with E-state index in [9.17, 15) is 9.59 Å². The molecule has 2 amide bonds. The first kappa shape index (κ1) is 19.4. The lowest BCUT2D eigenvalue weighted by Gasteiger charge is -2.06. The third-order valence-electron chi connectivity index (χ3n) is 4.39. The second-order valence-corrected chi connectivity index (χ2v) is 6.49. The van der Waals surface area contributed by atoms with Crippen molar-refractivity contribution >= 4 is 11.8 Å². The number of carbonyl (C=O) groups is 2. The van der Waals surface area contributed by atoms with Gasteiger partial charge < -0.3 is 15.1 Å². The van der Waals surface area contributed by atoms with Crippen molar-refractivity contribution in [2.24, 2.45) is 0 Å². The van der Waals surface area contributed by atoms with Gasteiger partial charge in [0.25, 0.3) is 5.91 Å². The highest BCUT2D eigenvalue weighted by Crippen LogP contribution is 2.13. The summed E-state index contributed by atoms with van der Waals surface area (Å²) >= 11 is 0. The number of hydrogen-bond acceptors (Lipinski definition) is 4. The lowest BCUT2D eigenvalue weighted by Crippen LogP contribution is -2.31. The summed E-state index contributed by atoms with van der Waals surface area (Å²) in [5.41, 5.74) is 3.65. The molecule has 0 unspecified atom stereocenters. The smallest absolute Gasteiger partial charge is 0.254 e. The first-order valence-electron chi connectivity index (χ1n) is 9.31. The Kier molecular flexibility index (Phi) is 6.62. The Labute approximate surface area is 163 Å². The van der Waals surface area contributed by atoms with E-state index in [4.69, 9.17) is 4.42 Å². The van der Waals surface area contributed by atoms with Crippen molar-refractivity contribution in [3.05, 3.63) is 71.9 Å². The number of carbonyl (C=O) groups excluding carboxylic acids is 2. The van der Waals surface area contributed by atoms with Gasteiger partial charge in [-0.15, -0.1) is 0 Å². The molecule has 0 spiro atoms. The topological polar surface area (TPSA) is 89.2 Å². The summed E-state index contributed by atoms with van der Waals surface area (Å²) in [7, 11) is 0. The first-order valence-corrected chi connectivity index (χ1v) is 9.31. The Morgan fingerprint density at radius 3 is 2.68 bits per heavy atom. The monoisotopic (exact) mass is 380 g/mol. The van der Waals surface area contributed by atoms with E-state index in [2.05, 4.69) is 15.7 Å². The number of benzene rings is 1. The Hall–Kier alpha value is -3.35. The second-order valence-electron chi connectivity index (χ2n) is 6.49. The van der Waals surface area contributed by atoms with Crippen LogP contribution in [0.4, 0.5) is 0 Å². The van der Waals surface area contributed by atoms with Gasteiger partial charge in [-0.2, -0.15) is 5.10 Å². The van der Waals surface area contributed by atoms with Crippen molar-refractivity contribution in [3.8, 4) is 5.69 Å². The van der Waals surface area contributed by atoms with Crippen molar-refractivity contribution in [3.63, 3.8) is 0 Å². The highest BCUT2D eigenvalue weighted by Gasteiger charge is 2.08. The molecule has 3 aromatic rings. The van der Waals surface area contributed by atoms with Crippen LogP contribution in [-0.2, 0) is 11.2 Å². The summed E-state index contributed by atoms with van der Waals surface area (Å²) in [4.78, 5) is 23.6. The van der Waals surface area contributed by atoms with E-state index in [0.717, 1.165) is 24.2 Å². The average molecular weight is 380 g/mol. The predicted molar refractivity (Wildman–Crippen MR) is 105 cm³/mol. The van der Waals surface area contributed by atoms with Crippen molar-refractivity contribution in [2.45, 2.75) is 26.2 Å². The number of nitrogens with zero attached hydrogens (tertiary/aromatic N) is 2. The highest BCUT2D eigenvalue weighted by atomic mass is 16.3. The van der Waals surface area contributed by atoms with Crippen LogP contribution < -0.4 is 10.6 Å². The van der Waals surface area contributed by atoms with Crippen molar-refractivity contribution < 1.29 is 14.0 Å². The highest BCUT2D eigenvalue weighted by molar-refractivity contribution is 5.94. The van der Waals surface area contributed by atoms with Gasteiger partial charge in [0.2, 0.25) is 5.91 Å². The second kappa shape index (κ2) is 9.55. The van der Waals surface area contributed by atoms with E-state index >= 15 is 0 Å². The predicted octanol–water partition coefficient (Wildman–Crippen LogP) is 2.64. The SMILES string of the molecule is Cc1nn(-c2ccccc2)cc1CCCNC(=O)CCNC(=O)c1ccoc1. The van der Waals surface area contributed by atoms with Crippen molar-refractivity contribution in [1.82, 2.24) is 20.4 Å². The molecule has 3 rings (SSSR count). The van der Waals surface area contributed by atoms with Crippen LogP contribution in [-0.4, -0.2) is 34.7 Å². The summed E-state index contributed by atoms with van der Waals surface area (Å²) < 4.78 is 6.73. The number of aromatic nitrogens is 2. The van der Waals surface area contributed by atoms with E-state index in [0.29, 0.717) is 18.7 Å². The van der Waals surface area contributed by atoms with Crippen LogP contribution in [0.3, 0.4) is 0 Å². The van der Waals surface area contributed by atoms with E-state index in [-0.39, 0.29) is 18.2 Å². The number of hydrogen-bond donors (Lipinski definition) is 2. The number of aryl methyl sites for hydroxylation is 2. The molecule has 0 aliphatic carbocycles. The molecule has 0 saturated carbocycles.